The van der Waals surface area contributed by atoms with Gasteiger partial charge in [-0.1, -0.05) is 0 Å². The Balaban J connectivity index is 1.87. The Bertz CT molecular complexity index is 707. The molecule has 1 aliphatic rings. The highest BCUT2D eigenvalue weighted by Gasteiger charge is 2.32. The minimum absolute atomic E-state index is 0.0245. The second-order valence-electron chi connectivity index (χ2n) is 5.34. The lowest BCUT2D eigenvalue weighted by Gasteiger charge is -2.22. The van der Waals surface area contributed by atoms with Crippen molar-refractivity contribution < 1.29 is 19.1 Å². The number of pyridine rings is 1. The van der Waals surface area contributed by atoms with Gasteiger partial charge < -0.3 is 14.4 Å². The summed E-state index contributed by atoms with van der Waals surface area (Å²) in [5.41, 5.74) is 2.07. The van der Waals surface area contributed by atoms with Gasteiger partial charge in [-0.15, -0.1) is 0 Å². The molecule has 1 fully saturated rings. The Labute approximate surface area is 121 Å². The zero-order valence-corrected chi connectivity index (χ0v) is 11.7. The predicted molar refractivity (Wildman–Crippen MR) is 75.1 cm³/mol. The summed E-state index contributed by atoms with van der Waals surface area (Å²) in [5, 5.41) is 8.92. The van der Waals surface area contributed by atoms with Crippen LogP contribution in [0.2, 0.25) is 0 Å². The van der Waals surface area contributed by atoms with Crippen LogP contribution in [-0.4, -0.2) is 39.5 Å². The number of likely N-dealkylation sites (tertiary alicyclic amines) is 1. The van der Waals surface area contributed by atoms with Crippen molar-refractivity contribution >= 4 is 23.0 Å². The molecular weight excluding hydrogens is 272 g/mol. The molecule has 1 atom stereocenters. The lowest BCUT2D eigenvalue weighted by Crippen LogP contribution is -2.36. The second kappa shape index (κ2) is 5.20. The van der Waals surface area contributed by atoms with Crippen molar-refractivity contribution in [1.29, 1.82) is 0 Å². The maximum absolute atomic E-state index is 12.5. The van der Waals surface area contributed by atoms with Crippen LogP contribution < -0.4 is 0 Å². The zero-order chi connectivity index (χ0) is 15.0. The number of carbonyl (C=O) groups is 2. The first-order chi connectivity index (χ1) is 10.0. The summed E-state index contributed by atoms with van der Waals surface area (Å²) >= 11 is 0. The van der Waals surface area contributed by atoms with E-state index in [2.05, 4.69) is 4.98 Å². The van der Waals surface area contributed by atoms with E-state index in [9.17, 15) is 9.59 Å². The molecule has 1 saturated heterocycles. The van der Waals surface area contributed by atoms with Crippen LogP contribution in [0.15, 0.2) is 22.6 Å². The number of aromatic nitrogens is 1. The number of furan rings is 1. The second-order valence-corrected chi connectivity index (χ2v) is 5.34. The molecule has 0 saturated carbocycles. The minimum Gasteiger partial charge on any atom is -0.481 e. The molecule has 0 aromatic carbocycles. The number of carbonyl (C=O) groups excluding carboxylic acids is 1. The van der Waals surface area contributed by atoms with Crippen molar-refractivity contribution in [3.63, 3.8) is 0 Å². The highest BCUT2D eigenvalue weighted by molar-refractivity contribution is 5.95. The molecular formula is C15H16N2O4. The average Bonchev–Trinajstić information content (AvgIpc) is 3.03. The number of nitrogens with zero attached hydrogens (tertiary/aromatic N) is 2. The van der Waals surface area contributed by atoms with Crippen LogP contribution >= 0.6 is 0 Å². The van der Waals surface area contributed by atoms with E-state index in [4.69, 9.17) is 9.52 Å². The molecule has 0 radical (unpaired) electrons. The van der Waals surface area contributed by atoms with E-state index < -0.39 is 5.97 Å². The smallest absolute Gasteiger partial charge is 0.305 e. The Morgan fingerprint density at radius 3 is 3.05 bits per heavy atom. The summed E-state index contributed by atoms with van der Waals surface area (Å²) in [7, 11) is 0. The van der Waals surface area contributed by atoms with E-state index in [0.717, 1.165) is 18.5 Å². The lowest BCUT2D eigenvalue weighted by molar-refractivity contribution is -0.137. The molecule has 2 aromatic rings. The lowest BCUT2D eigenvalue weighted by atomic mass is 10.1. The number of aliphatic carboxylic acids is 1. The van der Waals surface area contributed by atoms with E-state index >= 15 is 0 Å². The van der Waals surface area contributed by atoms with Gasteiger partial charge in [-0.3, -0.25) is 9.59 Å². The number of hydrogen-bond acceptors (Lipinski definition) is 4. The molecule has 0 aliphatic carbocycles. The summed E-state index contributed by atoms with van der Waals surface area (Å²) in [6, 6.07) is 4.98. The van der Waals surface area contributed by atoms with Gasteiger partial charge in [0.1, 0.15) is 5.52 Å². The third-order valence-electron chi connectivity index (χ3n) is 3.77. The van der Waals surface area contributed by atoms with Crippen LogP contribution in [0.25, 0.3) is 11.1 Å². The van der Waals surface area contributed by atoms with Crippen molar-refractivity contribution in [2.45, 2.75) is 32.2 Å². The van der Waals surface area contributed by atoms with Gasteiger partial charge in [0.15, 0.2) is 11.3 Å². The van der Waals surface area contributed by atoms with E-state index in [-0.39, 0.29) is 24.1 Å². The van der Waals surface area contributed by atoms with Crippen LogP contribution in [-0.2, 0) is 4.79 Å². The number of fused-ring (bicyclic) bond motifs is 1. The van der Waals surface area contributed by atoms with E-state index in [0.29, 0.717) is 17.6 Å². The third-order valence-corrected chi connectivity index (χ3v) is 3.77. The summed E-state index contributed by atoms with van der Waals surface area (Å²) in [6.07, 6.45) is 1.51. The van der Waals surface area contributed by atoms with Gasteiger partial charge in [0.2, 0.25) is 0 Å². The standard InChI is InChI=1S/C15H16N2O4/c1-9-4-5-12-11(16-9)8-13(21-12)15(20)17-6-2-3-10(17)7-14(18)19/h4-5,8,10H,2-3,6-7H2,1H3,(H,18,19). The maximum atomic E-state index is 12.5. The third kappa shape index (κ3) is 2.61. The van der Waals surface area contributed by atoms with Crippen molar-refractivity contribution in [3.8, 4) is 0 Å². The van der Waals surface area contributed by atoms with E-state index in [1.165, 1.54) is 0 Å². The average molecular weight is 288 g/mol. The minimum atomic E-state index is -0.887. The van der Waals surface area contributed by atoms with Crippen LogP contribution in [0.5, 0.6) is 0 Å². The molecule has 0 spiro atoms. The van der Waals surface area contributed by atoms with Gasteiger partial charge >= 0.3 is 5.97 Å². The number of carboxylic acids is 1. The summed E-state index contributed by atoms with van der Waals surface area (Å²) in [4.78, 5) is 29.3. The molecule has 6 heteroatoms. The maximum Gasteiger partial charge on any atom is 0.305 e. The molecule has 1 N–H and O–H groups in total. The van der Waals surface area contributed by atoms with Crippen molar-refractivity contribution in [2.24, 2.45) is 0 Å². The molecule has 6 nitrogen and oxygen atoms in total. The SMILES string of the molecule is Cc1ccc2oc(C(=O)N3CCCC3CC(=O)O)cc2n1. The summed E-state index contributed by atoms with van der Waals surface area (Å²) in [5.74, 6) is -0.920. The fourth-order valence-electron chi connectivity index (χ4n) is 2.79. The quantitative estimate of drug-likeness (QED) is 0.936. The van der Waals surface area contributed by atoms with Crippen LogP contribution in [0.1, 0.15) is 35.5 Å². The Hall–Kier alpha value is -2.37. The highest BCUT2D eigenvalue weighted by Crippen LogP contribution is 2.25. The van der Waals surface area contributed by atoms with Gasteiger partial charge in [-0.2, -0.15) is 0 Å². The first kappa shape index (κ1) is 13.6. The number of hydrogen-bond donors (Lipinski definition) is 1. The molecule has 110 valence electrons. The Kier molecular flexibility index (Phi) is 3.37. The number of rotatable bonds is 3. The molecule has 3 heterocycles. The molecule has 3 rings (SSSR count). The Morgan fingerprint density at radius 2 is 2.29 bits per heavy atom. The van der Waals surface area contributed by atoms with Gasteiger partial charge in [0.25, 0.3) is 5.91 Å². The predicted octanol–water partition coefficient (Wildman–Crippen LogP) is 2.22. The van der Waals surface area contributed by atoms with Crippen LogP contribution in [0.3, 0.4) is 0 Å². The zero-order valence-electron chi connectivity index (χ0n) is 11.7. The molecule has 0 bridgehead atoms. The number of amides is 1. The molecule has 1 amide bonds. The highest BCUT2D eigenvalue weighted by atomic mass is 16.4. The fourth-order valence-corrected chi connectivity index (χ4v) is 2.79. The van der Waals surface area contributed by atoms with Crippen molar-refractivity contribution in [3.05, 3.63) is 29.7 Å². The van der Waals surface area contributed by atoms with Crippen molar-refractivity contribution in [2.75, 3.05) is 6.54 Å². The number of aryl methyl sites for hydroxylation is 1. The Morgan fingerprint density at radius 1 is 1.48 bits per heavy atom. The van der Waals surface area contributed by atoms with Crippen LogP contribution in [0.4, 0.5) is 0 Å². The summed E-state index contributed by atoms with van der Waals surface area (Å²) in [6.45, 7) is 2.44. The normalized spacial score (nSPS) is 18.3. The van der Waals surface area contributed by atoms with Crippen LogP contribution in [0, 0.1) is 6.92 Å². The van der Waals surface area contributed by atoms with Gasteiger partial charge in [0, 0.05) is 24.3 Å². The first-order valence-corrected chi connectivity index (χ1v) is 6.94. The topological polar surface area (TPSA) is 83.6 Å². The first-order valence-electron chi connectivity index (χ1n) is 6.94. The molecule has 21 heavy (non-hydrogen) atoms. The largest absolute Gasteiger partial charge is 0.481 e. The summed E-state index contributed by atoms with van der Waals surface area (Å²) < 4.78 is 5.55. The molecule has 2 aromatic heterocycles. The monoisotopic (exact) mass is 288 g/mol. The van der Waals surface area contributed by atoms with Crippen molar-refractivity contribution in [1.82, 2.24) is 9.88 Å². The van der Waals surface area contributed by atoms with E-state index in [1.807, 2.05) is 13.0 Å². The van der Waals surface area contributed by atoms with Gasteiger partial charge in [-0.25, -0.2) is 4.98 Å². The number of carboxylic acid groups (broad SMARTS) is 1. The molecule has 1 unspecified atom stereocenters. The fraction of sp³-hybridized carbons (Fsp3) is 0.400. The van der Waals surface area contributed by atoms with E-state index in [1.54, 1.807) is 17.0 Å². The molecule has 1 aliphatic heterocycles. The van der Waals surface area contributed by atoms with Gasteiger partial charge in [-0.05, 0) is 31.9 Å². The van der Waals surface area contributed by atoms with Gasteiger partial charge in [0.05, 0.1) is 6.42 Å².